The molecule has 0 bridgehead atoms. The minimum Gasteiger partial charge on any atom is -0.261 e. The molecule has 2 aliphatic heterocycles. The van der Waals surface area contributed by atoms with Crippen LogP contribution in [-0.4, -0.2) is 43.4 Å². The lowest BCUT2D eigenvalue weighted by atomic mass is 10.1. The van der Waals surface area contributed by atoms with Gasteiger partial charge in [0.05, 0.1) is 17.3 Å². The molecule has 0 aliphatic carbocycles. The zero-order chi connectivity index (χ0) is 16.0. The average molecular weight is 344 g/mol. The van der Waals surface area contributed by atoms with Crippen molar-refractivity contribution in [2.24, 2.45) is 5.92 Å². The lowest BCUT2D eigenvalue weighted by Gasteiger charge is -2.16. The summed E-state index contributed by atoms with van der Waals surface area (Å²) in [5.74, 6) is 0.325. The highest BCUT2D eigenvalue weighted by atomic mass is 32.2. The number of fused-ring (bicyclic) bond motifs is 1. The van der Waals surface area contributed by atoms with Crippen LogP contribution in [-0.2, 0) is 33.0 Å². The van der Waals surface area contributed by atoms with Gasteiger partial charge in [0.1, 0.15) is 0 Å². The third-order valence-corrected chi connectivity index (χ3v) is 8.05. The van der Waals surface area contributed by atoms with Crippen LogP contribution in [0.2, 0.25) is 0 Å². The number of hydrogen-bond donors (Lipinski definition) is 0. The zero-order valence-electron chi connectivity index (χ0n) is 12.5. The first-order valence-electron chi connectivity index (χ1n) is 7.38. The topological polar surface area (TPSA) is 84.4 Å². The highest BCUT2D eigenvalue weighted by Crippen LogP contribution is 2.27. The molecule has 0 saturated carbocycles. The molecular formula is C14H20N2O4S2. The Kier molecular flexibility index (Phi) is 4.03. The molecule has 0 N–H and O–H groups in total. The van der Waals surface area contributed by atoms with Crippen LogP contribution in [0, 0.1) is 12.8 Å². The first-order valence-corrected chi connectivity index (χ1v) is 10.8. The molecule has 1 aromatic heterocycles. The van der Waals surface area contributed by atoms with Crippen molar-refractivity contribution in [3.63, 3.8) is 0 Å². The van der Waals surface area contributed by atoms with Crippen LogP contribution in [0.1, 0.15) is 29.7 Å². The Morgan fingerprint density at radius 3 is 2.73 bits per heavy atom. The molecule has 0 aromatic carbocycles. The summed E-state index contributed by atoms with van der Waals surface area (Å²) in [5, 5.41) is 0. The first kappa shape index (κ1) is 15.9. The highest BCUT2D eigenvalue weighted by molar-refractivity contribution is 7.91. The van der Waals surface area contributed by atoms with E-state index in [1.807, 2.05) is 13.0 Å². The SMILES string of the molecule is Cc1cc2c(cn1)CN(S(=O)(=O)CCC1CCS(=O)(=O)C1)C2. The van der Waals surface area contributed by atoms with E-state index in [2.05, 4.69) is 4.98 Å². The smallest absolute Gasteiger partial charge is 0.214 e. The summed E-state index contributed by atoms with van der Waals surface area (Å²) >= 11 is 0. The van der Waals surface area contributed by atoms with Gasteiger partial charge in [-0.1, -0.05) is 0 Å². The largest absolute Gasteiger partial charge is 0.261 e. The molecule has 2 aliphatic rings. The van der Waals surface area contributed by atoms with Crippen LogP contribution in [0.25, 0.3) is 0 Å². The third-order valence-electron chi connectivity index (χ3n) is 4.42. The van der Waals surface area contributed by atoms with Crippen LogP contribution in [0.4, 0.5) is 0 Å². The number of rotatable bonds is 4. The maximum Gasteiger partial charge on any atom is 0.214 e. The fourth-order valence-corrected chi connectivity index (χ4v) is 6.58. The Bertz CT molecular complexity index is 787. The molecule has 0 amide bonds. The second kappa shape index (κ2) is 5.58. The fourth-order valence-electron chi connectivity index (χ4n) is 3.11. The molecule has 8 heteroatoms. The second-order valence-corrected chi connectivity index (χ2v) is 10.6. The number of nitrogens with zero attached hydrogens (tertiary/aromatic N) is 2. The minimum absolute atomic E-state index is 0.0198. The second-order valence-electron chi connectivity index (χ2n) is 6.24. The number of aromatic nitrogens is 1. The Morgan fingerprint density at radius 2 is 2.05 bits per heavy atom. The van der Waals surface area contributed by atoms with E-state index in [-0.39, 0.29) is 23.2 Å². The van der Waals surface area contributed by atoms with Gasteiger partial charge in [-0.25, -0.2) is 16.8 Å². The van der Waals surface area contributed by atoms with Crippen LogP contribution in [0.3, 0.4) is 0 Å². The summed E-state index contributed by atoms with van der Waals surface area (Å²) in [6, 6.07) is 1.92. The van der Waals surface area contributed by atoms with E-state index in [0.29, 0.717) is 25.9 Å². The summed E-state index contributed by atoms with van der Waals surface area (Å²) < 4.78 is 49.3. The molecule has 6 nitrogen and oxygen atoms in total. The Balaban J connectivity index is 1.63. The first-order chi connectivity index (χ1) is 10.3. The van der Waals surface area contributed by atoms with Gasteiger partial charge in [-0.05, 0) is 42.9 Å². The van der Waals surface area contributed by atoms with Gasteiger partial charge in [0.25, 0.3) is 0 Å². The quantitative estimate of drug-likeness (QED) is 0.809. The Hall–Kier alpha value is -0.990. The predicted molar refractivity (Wildman–Crippen MR) is 83.4 cm³/mol. The standard InChI is InChI=1S/C14H20N2O4S2/c1-11-6-13-8-16(9-14(13)7-15-11)22(19,20)5-3-12-2-4-21(17,18)10-12/h6-7,12H,2-5,8-10H2,1H3. The molecule has 122 valence electrons. The number of sulfone groups is 1. The van der Waals surface area contributed by atoms with Crippen molar-refractivity contribution in [1.29, 1.82) is 0 Å². The van der Waals surface area contributed by atoms with Crippen molar-refractivity contribution < 1.29 is 16.8 Å². The Morgan fingerprint density at radius 1 is 1.32 bits per heavy atom. The van der Waals surface area contributed by atoms with Gasteiger partial charge in [0.15, 0.2) is 9.84 Å². The molecule has 1 atom stereocenters. The third kappa shape index (κ3) is 3.33. The Labute approximate surface area is 131 Å². The summed E-state index contributed by atoms with van der Waals surface area (Å²) in [5.41, 5.74) is 2.85. The average Bonchev–Trinajstić information content (AvgIpc) is 2.99. The summed E-state index contributed by atoms with van der Waals surface area (Å²) in [6.45, 7) is 2.65. The van der Waals surface area contributed by atoms with Crippen molar-refractivity contribution in [2.75, 3.05) is 17.3 Å². The molecule has 0 spiro atoms. The molecule has 1 saturated heterocycles. The minimum atomic E-state index is -3.35. The van der Waals surface area contributed by atoms with Crippen molar-refractivity contribution in [1.82, 2.24) is 9.29 Å². The summed E-state index contributed by atoms with van der Waals surface area (Å²) in [6.07, 6.45) is 2.75. The van der Waals surface area contributed by atoms with E-state index in [9.17, 15) is 16.8 Å². The monoisotopic (exact) mass is 344 g/mol. The van der Waals surface area contributed by atoms with Crippen LogP contribution >= 0.6 is 0 Å². The van der Waals surface area contributed by atoms with E-state index >= 15 is 0 Å². The van der Waals surface area contributed by atoms with E-state index < -0.39 is 19.9 Å². The lowest BCUT2D eigenvalue weighted by Crippen LogP contribution is -2.29. The highest BCUT2D eigenvalue weighted by Gasteiger charge is 2.32. The molecule has 0 radical (unpaired) electrons. The van der Waals surface area contributed by atoms with Crippen molar-refractivity contribution >= 4 is 19.9 Å². The van der Waals surface area contributed by atoms with Crippen molar-refractivity contribution in [3.8, 4) is 0 Å². The number of hydrogen-bond acceptors (Lipinski definition) is 5. The van der Waals surface area contributed by atoms with Gasteiger partial charge in [-0.2, -0.15) is 4.31 Å². The van der Waals surface area contributed by atoms with E-state index in [1.165, 1.54) is 4.31 Å². The van der Waals surface area contributed by atoms with Crippen molar-refractivity contribution in [3.05, 3.63) is 29.1 Å². The molecule has 3 heterocycles. The number of aryl methyl sites for hydroxylation is 1. The molecule has 1 unspecified atom stereocenters. The van der Waals surface area contributed by atoms with Gasteiger partial charge in [-0.15, -0.1) is 0 Å². The van der Waals surface area contributed by atoms with Crippen LogP contribution in [0.15, 0.2) is 12.3 Å². The number of pyridine rings is 1. The maximum absolute atomic E-state index is 12.5. The van der Waals surface area contributed by atoms with Gasteiger partial charge < -0.3 is 0 Å². The molecule has 1 fully saturated rings. The van der Waals surface area contributed by atoms with Gasteiger partial charge in [-0.3, -0.25) is 4.98 Å². The lowest BCUT2D eigenvalue weighted by molar-refractivity contribution is 0.426. The summed E-state index contributed by atoms with van der Waals surface area (Å²) in [7, 11) is -6.30. The fraction of sp³-hybridized carbons (Fsp3) is 0.643. The van der Waals surface area contributed by atoms with E-state index in [0.717, 1.165) is 16.8 Å². The predicted octanol–water partition coefficient (Wildman–Crippen LogP) is 0.860. The maximum atomic E-state index is 12.5. The zero-order valence-corrected chi connectivity index (χ0v) is 14.2. The van der Waals surface area contributed by atoms with E-state index in [1.54, 1.807) is 6.20 Å². The number of sulfonamides is 1. The molecular weight excluding hydrogens is 324 g/mol. The van der Waals surface area contributed by atoms with Gasteiger partial charge in [0, 0.05) is 25.0 Å². The van der Waals surface area contributed by atoms with E-state index in [4.69, 9.17) is 0 Å². The summed E-state index contributed by atoms with van der Waals surface area (Å²) in [4.78, 5) is 4.20. The molecule has 1 aromatic rings. The molecule has 3 rings (SSSR count). The van der Waals surface area contributed by atoms with Gasteiger partial charge in [0.2, 0.25) is 10.0 Å². The normalized spacial score (nSPS) is 24.5. The van der Waals surface area contributed by atoms with Gasteiger partial charge >= 0.3 is 0 Å². The van der Waals surface area contributed by atoms with Crippen molar-refractivity contribution in [2.45, 2.75) is 32.9 Å². The molecule has 22 heavy (non-hydrogen) atoms. The van der Waals surface area contributed by atoms with Crippen LogP contribution in [0.5, 0.6) is 0 Å². The van der Waals surface area contributed by atoms with Crippen LogP contribution < -0.4 is 0 Å².